The molecular weight excluding hydrogens is 321 g/mol. The smallest absolute Gasteiger partial charge is 0.236 e. The molecule has 3 rings (SSSR count). The summed E-state index contributed by atoms with van der Waals surface area (Å²) in [7, 11) is 0. The summed E-state index contributed by atoms with van der Waals surface area (Å²) in [5.41, 5.74) is 0.518. The molecule has 4 nitrogen and oxygen atoms in total. The van der Waals surface area contributed by atoms with Gasteiger partial charge in [-0.3, -0.25) is 9.69 Å². The summed E-state index contributed by atoms with van der Waals surface area (Å²) in [6, 6.07) is 0. The first-order valence-electron chi connectivity index (χ1n) is 8.48. The van der Waals surface area contributed by atoms with Crippen molar-refractivity contribution in [2.45, 2.75) is 44.9 Å². The topological polar surface area (TPSA) is 35.6 Å². The minimum atomic E-state index is 0. The summed E-state index contributed by atoms with van der Waals surface area (Å²) in [5, 5.41) is 3.46. The molecule has 130 valence electrons. The molecule has 0 atom stereocenters. The summed E-state index contributed by atoms with van der Waals surface area (Å²) in [4.78, 5) is 17.0. The average molecular weight is 352 g/mol. The van der Waals surface area contributed by atoms with Crippen LogP contribution in [0.15, 0.2) is 0 Å². The standard InChI is InChI=1S/C16H29N3O.2ClH/c20-15(19-10-3-1-2-4-11-19)13-18-12-7-16(14-18)5-8-17-9-6-16;;/h17H,1-14H2;2*1H. The Morgan fingerprint density at radius 1 is 0.909 bits per heavy atom. The third-order valence-corrected chi connectivity index (χ3v) is 5.50. The van der Waals surface area contributed by atoms with Crippen LogP contribution in [0.5, 0.6) is 0 Å². The van der Waals surface area contributed by atoms with E-state index < -0.39 is 0 Å². The van der Waals surface area contributed by atoms with E-state index in [1.807, 2.05) is 0 Å². The predicted molar refractivity (Wildman–Crippen MR) is 95.1 cm³/mol. The van der Waals surface area contributed by atoms with E-state index in [-0.39, 0.29) is 24.8 Å². The van der Waals surface area contributed by atoms with Crippen molar-refractivity contribution in [2.24, 2.45) is 5.41 Å². The molecule has 22 heavy (non-hydrogen) atoms. The summed E-state index contributed by atoms with van der Waals surface area (Å²) < 4.78 is 0. The first kappa shape index (κ1) is 20.0. The highest BCUT2D eigenvalue weighted by Crippen LogP contribution is 2.38. The second-order valence-electron chi connectivity index (χ2n) is 7.01. The number of hydrogen-bond donors (Lipinski definition) is 1. The quantitative estimate of drug-likeness (QED) is 0.828. The summed E-state index contributed by atoms with van der Waals surface area (Å²) >= 11 is 0. The van der Waals surface area contributed by atoms with E-state index >= 15 is 0 Å². The molecule has 6 heteroatoms. The van der Waals surface area contributed by atoms with Crippen molar-refractivity contribution in [1.82, 2.24) is 15.1 Å². The number of nitrogens with one attached hydrogen (secondary N) is 1. The third-order valence-electron chi connectivity index (χ3n) is 5.50. The van der Waals surface area contributed by atoms with Gasteiger partial charge in [0, 0.05) is 19.6 Å². The Morgan fingerprint density at radius 3 is 2.18 bits per heavy atom. The molecule has 0 aliphatic carbocycles. The van der Waals surface area contributed by atoms with Gasteiger partial charge in [-0.2, -0.15) is 0 Å². The Hall–Kier alpha value is -0.0300. The molecule has 3 aliphatic rings. The fourth-order valence-electron chi connectivity index (χ4n) is 4.14. The molecule has 0 aromatic heterocycles. The molecule has 3 heterocycles. The minimum absolute atomic E-state index is 0. The van der Waals surface area contributed by atoms with Crippen molar-refractivity contribution >= 4 is 30.7 Å². The number of piperidine rings is 1. The van der Waals surface area contributed by atoms with E-state index in [1.54, 1.807) is 0 Å². The van der Waals surface area contributed by atoms with Gasteiger partial charge >= 0.3 is 0 Å². The Balaban J connectivity index is 0.00000121. The molecule has 3 saturated heterocycles. The molecule has 1 amide bonds. The van der Waals surface area contributed by atoms with E-state index in [2.05, 4.69) is 15.1 Å². The molecule has 3 fully saturated rings. The maximum atomic E-state index is 12.4. The van der Waals surface area contributed by atoms with E-state index in [9.17, 15) is 4.79 Å². The van der Waals surface area contributed by atoms with Crippen LogP contribution in [0.25, 0.3) is 0 Å². The summed E-state index contributed by atoms with van der Waals surface area (Å²) in [6.07, 6.45) is 8.86. The first-order chi connectivity index (χ1) is 9.77. The number of amides is 1. The molecule has 0 aromatic carbocycles. The fourth-order valence-corrected chi connectivity index (χ4v) is 4.14. The first-order valence-corrected chi connectivity index (χ1v) is 8.48. The number of carbonyl (C=O) groups is 1. The lowest BCUT2D eigenvalue weighted by Crippen LogP contribution is -2.42. The second kappa shape index (κ2) is 9.31. The third kappa shape index (κ3) is 4.98. The van der Waals surface area contributed by atoms with Crippen molar-refractivity contribution in [3.63, 3.8) is 0 Å². The predicted octanol–water partition coefficient (Wildman–Crippen LogP) is 2.31. The lowest BCUT2D eigenvalue weighted by Gasteiger charge is -2.34. The van der Waals surface area contributed by atoms with Crippen molar-refractivity contribution in [3.05, 3.63) is 0 Å². The molecule has 0 aromatic rings. The number of halogens is 2. The maximum Gasteiger partial charge on any atom is 0.236 e. The lowest BCUT2D eigenvalue weighted by atomic mass is 9.78. The largest absolute Gasteiger partial charge is 0.342 e. The van der Waals surface area contributed by atoms with Crippen LogP contribution in [0.3, 0.4) is 0 Å². The van der Waals surface area contributed by atoms with Gasteiger partial charge in [-0.25, -0.2) is 0 Å². The van der Waals surface area contributed by atoms with Crippen LogP contribution < -0.4 is 5.32 Å². The van der Waals surface area contributed by atoms with E-state index in [0.717, 1.165) is 39.3 Å². The van der Waals surface area contributed by atoms with Gasteiger partial charge in [-0.15, -0.1) is 24.8 Å². The zero-order chi connectivity index (χ0) is 13.8. The van der Waals surface area contributed by atoms with Gasteiger partial charge in [0.05, 0.1) is 6.54 Å². The fraction of sp³-hybridized carbons (Fsp3) is 0.938. The zero-order valence-corrected chi connectivity index (χ0v) is 15.2. The van der Waals surface area contributed by atoms with Gasteiger partial charge < -0.3 is 10.2 Å². The van der Waals surface area contributed by atoms with Gasteiger partial charge in [-0.1, -0.05) is 12.8 Å². The SMILES string of the molecule is Cl.Cl.O=C(CN1CCC2(CCNCC2)C1)N1CCCCCC1. The average Bonchev–Trinajstić information content (AvgIpc) is 2.69. The highest BCUT2D eigenvalue weighted by Gasteiger charge is 2.39. The van der Waals surface area contributed by atoms with Crippen molar-refractivity contribution in [1.29, 1.82) is 0 Å². The van der Waals surface area contributed by atoms with Crippen LogP contribution in [0.2, 0.25) is 0 Å². The second-order valence-corrected chi connectivity index (χ2v) is 7.01. The molecular formula is C16H31Cl2N3O. The van der Waals surface area contributed by atoms with Crippen LogP contribution in [-0.2, 0) is 4.79 Å². The Labute approximate surface area is 147 Å². The van der Waals surface area contributed by atoms with E-state index in [1.165, 1.54) is 44.9 Å². The van der Waals surface area contributed by atoms with Crippen LogP contribution >= 0.6 is 24.8 Å². The number of rotatable bonds is 2. The van der Waals surface area contributed by atoms with Crippen LogP contribution in [-0.4, -0.2) is 61.5 Å². The zero-order valence-electron chi connectivity index (χ0n) is 13.5. The number of hydrogen-bond acceptors (Lipinski definition) is 3. The Morgan fingerprint density at radius 2 is 1.55 bits per heavy atom. The van der Waals surface area contributed by atoms with E-state index in [0.29, 0.717) is 17.9 Å². The molecule has 0 saturated carbocycles. The van der Waals surface area contributed by atoms with Crippen LogP contribution in [0.1, 0.15) is 44.9 Å². The maximum absolute atomic E-state index is 12.4. The summed E-state index contributed by atoms with van der Waals surface area (Å²) in [5.74, 6) is 0.373. The number of carbonyl (C=O) groups excluding carboxylic acids is 1. The van der Waals surface area contributed by atoms with Crippen molar-refractivity contribution < 1.29 is 4.79 Å². The van der Waals surface area contributed by atoms with Gasteiger partial charge in [-0.05, 0) is 57.2 Å². The Kier molecular flexibility index (Phi) is 8.47. The normalized spacial score (nSPS) is 25.2. The summed E-state index contributed by atoms with van der Waals surface area (Å²) in [6.45, 7) is 7.23. The molecule has 0 bridgehead atoms. The lowest BCUT2D eigenvalue weighted by molar-refractivity contribution is -0.132. The highest BCUT2D eigenvalue weighted by atomic mass is 35.5. The molecule has 1 spiro atoms. The highest BCUT2D eigenvalue weighted by molar-refractivity contribution is 5.85. The molecule has 1 N–H and O–H groups in total. The van der Waals surface area contributed by atoms with Gasteiger partial charge in [0.1, 0.15) is 0 Å². The van der Waals surface area contributed by atoms with E-state index in [4.69, 9.17) is 0 Å². The minimum Gasteiger partial charge on any atom is -0.342 e. The monoisotopic (exact) mass is 351 g/mol. The molecule has 0 radical (unpaired) electrons. The van der Waals surface area contributed by atoms with Crippen molar-refractivity contribution in [2.75, 3.05) is 45.8 Å². The molecule has 0 unspecified atom stereocenters. The number of nitrogens with zero attached hydrogens (tertiary/aromatic N) is 2. The van der Waals surface area contributed by atoms with Crippen LogP contribution in [0, 0.1) is 5.41 Å². The molecule has 3 aliphatic heterocycles. The van der Waals surface area contributed by atoms with Crippen LogP contribution in [0.4, 0.5) is 0 Å². The van der Waals surface area contributed by atoms with Gasteiger partial charge in [0.15, 0.2) is 0 Å². The van der Waals surface area contributed by atoms with Crippen molar-refractivity contribution in [3.8, 4) is 0 Å². The van der Waals surface area contributed by atoms with Gasteiger partial charge in [0.2, 0.25) is 5.91 Å². The number of likely N-dealkylation sites (tertiary alicyclic amines) is 2. The Bertz CT molecular complexity index is 340. The van der Waals surface area contributed by atoms with Gasteiger partial charge in [0.25, 0.3) is 0 Å².